The highest BCUT2D eigenvalue weighted by atomic mass is 14.5. The van der Waals surface area contributed by atoms with Gasteiger partial charge in [-0.1, -0.05) is 133 Å². The second-order valence-corrected chi connectivity index (χ2v) is 10.4. The lowest BCUT2D eigenvalue weighted by molar-refractivity contribution is 0.802. The van der Waals surface area contributed by atoms with Gasteiger partial charge in [0.1, 0.15) is 0 Å². The molecule has 0 N–H and O–H groups in total. The number of rotatable bonds is 0. The standard InChI is InChI=1S/C37H22/c1-2-12-24-23(11-1)21-22-33-34(24)35-29-17-5-3-13-25(29)26-14-4-6-18-30(26)36(35)37(33)31-19-9-7-15-27(31)28-16-8-10-20-32(28)37/h1-22H. The van der Waals surface area contributed by atoms with Gasteiger partial charge in [-0.25, -0.2) is 0 Å². The summed E-state index contributed by atoms with van der Waals surface area (Å²) in [5, 5.41) is 7.97. The maximum Gasteiger partial charge on any atom is 0.0732 e. The molecular formula is C37H22. The van der Waals surface area contributed by atoms with E-state index in [-0.39, 0.29) is 5.41 Å². The van der Waals surface area contributed by atoms with Gasteiger partial charge in [0, 0.05) is 0 Å². The molecule has 0 fully saturated rings. The minimum Gasteiger partial charge on any atom is -0.0619 e. The lowest BCUT2D eigenvalue weighted by atomic mass is 9.69. The molecule has 0 unspecified atom stereocenters. The summed E-state index contributed by atoms with van der Waals surface area (Å²) in [6.45, 7) is 0. The largest absolute Gasteiger partial charge is 0.0732 e. The van der Waals surface area contributed by atoms with Crippen molar-refractivity contribution in [3.05, 3.63) is 156 Å². The van der Waals surface area contributed by atoms with E-state index >= 15 is 0 Å². The zero-order valence-electron chi connectivity index (χ0n) is 20.2. The Morgan fingerprint density at radius 3 is 1.54 bits per heavy atom. The zero-order valence-corrected chi connectivity index (χ0v) is 20.2. The average molecular weight is 467 g/mol. The molecule has 7 aromatic rings. The van der Waals surface area contributed by atoms with Crippen molar-refractivity contribution in [2.45, 2.75) is 5.41 Å². The van der Waals surface area contributed by atoms with Crippen molar-refractivity contribution in [2.75, 3.05) is 0 Å². The quantitative estimate of drug-likeness (QED) is 0.195. The lowest BCUT2D eigenvalue weighted by Crippen LogP contribution is -2.26. The van der Waals surface area contributed by atoms with Crippen LogP contribution >= 0.6 is 0 Å². The van der Waals surface area contributed by atoms with Crippen molar-refractivity contribution in [1.29, 1.82) is 0 Å². The number of hydrogen-bond donors (Lipinski definition) is 0. The van der Waals surface area contributed by atoms with Crippen LogP contribution in [0.4, 0.5) is 0 Å². The summed E-state index contributed by atoms with van der Waals surface area (Å²) in [7, 11) is 0. The fourth-order valence-electron chi connectivity index (χ4n) is 7.57. The fourth-order valence-corrected chi connectivity index (χ4v) is 7.57. The third-order valence-corrected chi connectivity index (χ3v) is 8.84. The van der Waals surface area contributed by atoms with Crippen molar-refractivity contribution < 1.29 is 0 Å². The Bertz CT molecular complexity index is 2050. The van der Waals surface area contributed by atoms with Gasteiger partial charge in [0.05, 0.1) is 5.41 Å². The van der Waals surface area contributed by atoms with Gasteiger partial charge in [0.15, 0.2) is 0 Å². The molecule has 0 amide bonds. The van der Waals surface area contributed by atoms with Gasteiger partial charge in [-0.15, -0.1) is 0 Å². The first-order valence-corrected chi connectivity index (χ1v) is 13.0. The second-order valence-electron chi connectivity index (χ2n) is 10.4. The molecule has 0 radical (unpaired) electrons. The Labute approximate surface area is 215 Å². The van der Waals surface area contributed by atoms with Crippen LogP contribution in [-0.4, -0.2) is 0 Å². The molecule has 2 aliphatic rings. The summed E-state index contributed by atoms with van der Waals surface area (Å²) in [6.07, 6.45) is 0. The van der Waals surface area contributed by atoms with Crippen LogP contribution in [0.25, 0.3) is 54.6 Å². The molecule has 0 heterocycles. The number of benzene rings is 7. The van der Waals surface area contributed by atoms with Crippen LogP contribution in [0.2, 0.25) is 0 Å². The van der Waals surface area contributed by atoms with Crippen LogP contribution in [-0.2, 0) is 5.41 Å². The van der Waals surface area contributed by atoms with E-state index in [0.29, 0.717) is 0 Å². The first-order chi connectivity index (χ1) is 18.4. The zero-order chi connectivity index (χ0) is 24.1. The molecule has 170 valence electrons. The third-order valence-electron chi connectivity index (χ3n) is 8.84. The van der Waals surface area contributed by atoms with Gasteiger partial charge < -0.3 is 0 Å². The lowest BCUT2D eigenvalue weighted by Gasteiger charge is -2.31. The van der Waals surface area contributed by atoms with Crippen LogP contribution in [0.5, 0.6) is 0 Å². The first-order valence-electron chi connectivity index (χ1n) is 13.0. The summed E-state index contributed by atoms with van der Waals surface area (Å²) in [4.78, 5) is 0. The van der Waals surface area contributed by atoms with Gasteiger partial charge in [-0.2, -0.15) is 0 Å². The number of hydrogen-bond acceptors (Lipinski definition) is 0. The van der Waals surface area contributed by atoms with Crippen molar-refractivity contribution >= 4 is 32.3 Å². The van der Waals surface area contributed by atoms with E-state index in [1.807, 2.05) is 0 Å². The Morgan fingerprint density at radius 2 is 0.838 bits per heavy atom. The summed E-state index contributed by atoms with van der Waals surface area (Å²) in [6, 6.07) is 49.9. The molecule has 0 heteroatoms. The maximum absolute atomic E-state index is 2.42. The summed E-state index contributed by atoms with van der Waals surface area (Å²) < 4.78 is 0. The molecule has 9 rings (SSSR count). The topological polar surface area (TPSA) is 0 Å². The van der Waals surface area contributed by atoms with E-state index < -0.39 is 0 Å². The minimum atomic E-state index is -0.356. The van der Waals surface area contributed by atoms with Crippen LogP contribution in [0.1, 0.15) is 22.3 Å². The highest BCUT2D eigenvalue weighted by molar-refractivity contribution is 6.22. The van der Waals surface area contributed by atoms with Crippen LogP contribution in [0, 0.1) is 0 Å². The maximum atomic E-state index is 2.42. The smallest absolute Gasteiger partial charge is 0.0619 e. The Hall–Kier alpha value is -4.68. The predicted octanol–water partition coefficient (Wildman–Crippen LogP) is 9.49. The molecule has 0 saturated heterocycles. The van der Waals surface area contributed by atoms with Crippen LogP contribution in [0.3, 0.4) is 0 Å². The monoisotopic (exact) mass is 466 g/mol. The van der Waals surface area contributed by atoms with E-state index in [2.05, 4.69) is 133 Å². The van der Waals surface area contributed by atoms with Gasteiger partial charge >= 0.3 is 0 Å². The highest BCUT2D eigenvalue weighted by Crippen LogP contribution is 2.66. The average Bonchev–Trinajstić information content (AvgIpc) is 3.45. The van der Waals surface area contributed by atoms with Crippen LogP contribution in [0.15, 0.2) is 133 Å². The molecule has 7 aromatic carbocycles. The van der Waals surface area contributed by atoms with Crippen molar-refractivity contribution in [3.63, 3.8) is 0 Å². The van der Waals surface area contributed by atoms with Gasteiger partial charge in [0.2, 0.25) is 0 Å². The van der Waals surface area contributed by atoms with Gasteiger partial charge in [-0.3, -0.25) is 0 Å². The molecule has 0 saturated carbocycles. The minimum absolute atomic E-state index is 0.356. The summed E-state index contributed by atoms with van der Waals surface area (Å²) >= 11 is 0. The molecular weight excluding hydrogens is 444 g/mol. The molecule has 0 aromatic heterocycles. The van der Waals surface area contributed by atoms with E-state index in [4.69, 9.17) is 0 Å². The molecule has 0 bridgehead atoms. The third kappa shape index (κ3) is 2.17. The van der Waals surface area contributed by atoms with E-state index in [9.17, 15) is 0 Å². The SMILES string of the molecule is c1ccc2c(c1)-c1ccccc1C21c2ccc3ccccc3c2-c2c1c1ccccc1c1ccccc21. The van der Waals surface area contributed by atoms with Crippen LogP contribution < -0.4 is 0 Å². The molecule has 2 aliphatic carbocycles. The van der Waals surface area contributed by atoms with Crippen molar-refractivity contribution in [3.8, 4) is 22.3 Å². The molecule has 37 heavy (non-hydrogen) atoms. The van der Waals surface area contributed by atoms with E-state index in [1.54, 1.807) is 0 Å². The van der Waals surface area contributed by atoms with Gasteiger partial charge in [-0.05, 0) is 76.8 Å². The Kier molecular flexibility index (Phi) is 3.56. The molecule has 1 spiro atoms. The molecule has 0 aliphatic heterocycles. The normalized spacial score (nSPS) is 14.2. The van der Waals surface area contributed by atoms with Crippen molar-refractivity contribution in [2.24, 2.45) is 0 Å². The fraction of sp³-hybridized carbons (Fsp3) is 0.0270. The highest BCUT2D eigenvalue weighted by Gasteiger charge is 2.53. The number of fused-ring (bicyclic) bond motifs is 17. The molecule has 0 nitrogen and oxygen atoms in total. The Balaban J connectivity index is 1.65. The summed E-state index contributed by atoms with van der Waals surface area (Å²) in [5.41, 5.74) is 10.8. The summed E-state index contributed by atoms with van der Waals surface area (Å²) in [5.74, 6) is 0. The van der Waals surface area contributed by atoms with E-state index in [0.717, 1.165) is 0 Å². The molecule has 0 atom stereocenters. The van der Waals surface area contributed by atoms with E-state index in [1.165, 1.54) is 76.8 Å². The predicted molar refractivity (Wildman–Crippen MR) is 155 cm³/mol. The van der Waals surface area contributed by atoms with Crippen molar-refractivity contribution in [1.82, 2.24) is 0 Å². The second kappa shape index (κ2) is 6.75. The first kappa shape index (κ1) is 19.5. The Morgan fingerprint density at radius 1 is 0.324 bits per heavy atom. The van der Waals surface area contributed by atoms with Gasteiger partial charge in [0.25, 0.3) is 0 Å².